The second-order valence-corrected chi connectivity index (χ2v) is 7.14. The van der Waals surface area contributed by atoms with Crippen LogP contribution in [0, 0.1) is 0 Å². The van der Waals surface area contributed by atoms with Gasteiger partial charge in [0.2, 0.25) is 5.91 Å². The van der Waals surface area contributed by atoms with E-state index in [2.05, 4.69) is 32.2 Å². The molecule has 0 aliphatic rings. The number of carbonyl (C=O) groups is 1. The number of ether oxygens (including phenoxy) is 1. The largest absolute Gasteiger partial charge is 0.491 e. The van der Waals surface area contributed by atoms with Gasteiger partial charge in [0.1, 0.15) is 12.4 Å². The van der Waals surface area contributed by atoms with Crippen LogP contribution in [0.5, 0.6) is 5.75 Å². The summed E-state index contributed by atoms with van der Waals surface area (Å²) in [5.41, 5.74) is 8.82. The first-order valence-corrected chi connectivity index (χ1v) is 8.70. The molecule has 0 saturated carbocycles. The molecule has 0 aliphatic heterocycles. The van der Waals surface area contributed by atoms with Gasteiger partial charge in [-0.05, 0) is 35.1 Å². The maximum absolute atomic E-state index is 12.0. The minimum Gasteiger partial charge on any atom is -0.491 e. The number of nitrogen functional groups attached to an aromatic ring is 1. The molecule has 0 heterocycles. The molecule has 0 bridgehead atoms. The van der Waals surface area contributed by atoms with Crippen LogP contribution in [0.25, 0.3) is 0 Å². The van der Waals surface area contributed by atoms with Crippen molar-refractivity contribution >= 4 is 24.0 Å². The molecule has 0 aliphatic carbocycles. The lowest BCUT2D eigenvalue weighted by Crippen LogP contribution is -2.28. The lowest BCUT2D eigenvalue weighted by atomic mass is 9.86. The number of hydrogen-bond donors (Lipinski definition) is 2. The molecule has 2 aromatic rings. The Bertz CT molecular complexity index is 711. The van der Waals surface area contributed by atoms with Crippen molar-refractivity contribution in [3.05, 3.63) is 59.7 Å². The first-order chi connectivity index (χ1) is 11.9. The molecular formula is C21H29ClN2O2. The Morgan fingerprint density at radius 2 is 1.73 bits per heavy atom. The van der Waals surface area contributed by atoms with E-state index in [0.29, 0.717) is 26.0 Å². The van der Waals surface area contributed by atoms with E-state index in [1.165, 1.54) is 5.56 Å². The number of aryl methyl sites for hydroxylation is 1. The average Bonchev–Trinajstić information content (AvgIpc) is 2.57. The number of benzene rings is 2. The SMILES string of the molecule is CC(C)(C)c1ccccc1OCCNC(=O)CCc1ccccc1N.Cl. The van der Waals surface area contributed by atoms with Crippen molar-refractivity contribution in [2.24, 2.45) is 0 Å². The van der Waals surface area contributed by atoms with E-state index in [1.807, 2.05) is 42.5 Å². The predicted molar refractivity (Wildman–Crippen MR) is 110 cm³/mol. The number of amides is 1. The maximum atomic E-state index is 12.0. The van der Waals surface area contributed by atoms with Crippen LogP contribution in [0.15, 0.2) is 48.5 Å². The molecular weight excluding hydrogens is 348 g/mol. The predicted octanol–water partition coefficient (Wildman–Crippen LogP) is 4.12. The summed E-state index contributed by atoms with van der Waals surface area (Å²) in [6.45, 7) is 7.42. The summed E-state index contributed by atoms with van der Waals surface area (Å²) in [6.07, 6.45) is 1.07. The molecule has 0 unspecified atom stereocenters. The molecule has 0 spiro atoms. The fourth-order valence-corrected chi connectivity index (χ4v) is 2.66. The van der Waals surface area contributed by atoms with Gasteiger partial charge in [0.15, 0.2) is 0 Å². The highest BCUT2D eigenvalue weighted by Crippen LogP contribution is 2.30. The fourth-order valence-electron chi connectivity index (χ4n) is 2.66. The molecule has 5 heteroatoms. The third kappa shape index (κ3) is 6.60. The molecule has 0 aromatic heterocycles. The number of rotatable bonds is 7. The van der Waals surface area contributed by atoms with Gasteiger partial charge in [0.05, 0.1) is 6.54 Å². The number of carbonyl (C=O) groups excluding carboxylic acids is 1. The van der Waals surface area contributed by atoms with Crippen LogP contribution in [-0.4, -0.2) is 19.1 Å². The van der Waals surface area contributed by atoms with Gasteiger partial charge in [-0.2, -0.15) is 0 Å². The molecule has 2 aromatic carbocycles. The minimum atomic E-state index is 0. The van der Waals surface area contributed by atoms with Crippen molar-refractivity contribution in [2.75, 3.05) is 18.9 Å². The molecule has 0 atom stereocenters. The van der Waals surface area contributed by atoms with Gasteiger partial charge in [-0.3, -0.25) is 4.79 Å². The second kappa shape index (κ2) is 10.1. The highest BCUT2D eigenvalue weighted by Gasteiger charge is 2.18. The van der Waals surface area contributed by atoms with Gasteiger partial charge < -0.3 is 15.8 Å². The van der Waals surface area contributed by atoms with Crippen molar-refractivity contribution in [3.8, 4) is 5.75 Å². The molecule has 0 radical (unpaired) electrons. The standard InChI is InChI=1S/C21H28N2O2.ClH/c1-21(2,3)17-9-5-7-11-19(17)25-15-14-23-20(24)13-12-16-8-4-6-10-18(16)22;/h4-11H,12-15,22H2,1-3H3,(H,23,24);1H. The van der Waals surface area contributed by atoms with E-state index in [-0.39, 0.29) is 23.7 Å². The summed E-state index contributed by atoms with van der Waals surface area (Å²) >= 11 is 0. The Morgan fingerprint density at radius 1 is 1.08 bits per heavy atom. The van der Waals surface area contributed by atoms with Crippen LogP contribution in [-0.2, 0) is 16.6 Å². The quantitative estimate of drug-likeness (QED) is 0.564. The van der Waals surface area contributed by atoms with Crippen LogP contribution >= 0.6 is 12.4 Å². The molecule has 2 rings (SSSR count). The van der Waals surface area contributed by atoms with Gasteiger partial charge in [-0.25, -0.2) is 0 Å². The van der Waals surface area contributed by atoms with Gasteiger partial charge in [0.25, 0.3) is 0 Å². The van der Waals surface area contributed by atoms with Gasteiger partial charge >= 0.3 is 0 Å². The summed E-state index contributed by atoms with van der Waals surface area (Å²) in [5, 5.41) is 2.90. The number of nitrogens with two attached hydrogens (primary N) is 1. The molecule has 142 valence electrons. The van der Waals surface area contributed by atoms with Crippen LogP contribution in [0.2, 0.25) is 0 Å². The zero-order valence-electron chi connectivity index (χ0n) is 15.7. The topological polar surface area (TPSA) is 64.3 Å². The van der Waals surface area contributed by atoms with Crippen LogP contribution < -0.4 is 15.8 Å². The molecule has 3 N–H and O–H groups in total. The Hall–Kier alpha value is -2.20. The minimum absolute atomic E-state index is 0. The lowest BCUT2D eigenvalue weighted by Gasteiger charge is -2.22. The fraction of sp³-hybridized carbons (Fsp3) is 0.381. The molecule has 26 heavy (non-hydrogen) atoms. The number of para-hydroxylation sites is 2. The zero-order valence-corrected chi connectivity index (χ0v) is 16.6. The van der Waals surface area contributed by atoms with E-state index in [0.717, 1.165) is 17.0 Å². The number of halogens is 1. The van der Waals surface area contributed by atoms with E-state index < -0.39 is 0 Å². The van der Waals surface area contributed by atoms with E-state index in [4.69, 9.17) is 10.5 Å². The highest BCUT2D eigenvalue weighted by atomic mass is 35.5. The van der Waals surface area contributed by atoms with Crippen molar-refractivity contribution in [2.45, 2.75) is 39.0 Å². The molecule has 1 amide bonds. The van der Waals surface area contributed by atoms with Crippen LogP contribution in [0.4, 0.5) is 5.69 Å². The molecule has 0 fully saturated rings. The van der Waals surface area contributed by atoms with Crippen LogP contribution in [0.1, 0.15) is 38.3 Å². The summed E-state index contributed by atoms with van der Waals surface area (Å²) < 4.78 is 5.86. The first kappa shape index (κ1) is 21.8. The van der Waals surface area contributed by atoms with Gasteiger partial charge in [-0.15, -0.1) is 12.4 Å². The van der Waals surface area contributed by atoms with Gasteiger partial charge in [-0.1, -0.05) is 57.2 Å². The molecule has 4 nitrogen and oxygen atoms in total. The Morgan fingerprint density at radius 3 is 2.42 bits per heavy atom. The zero-order chi connectivity index (χ0) is 18.3. The van der Waals surface area contributed by atoms with Crippen molar-refractivity contribution in [1.82, 2.24) is 5.32 Å². The van der Waals surface area contributed by atoms with E-state index in [9.17, 15) is 4.79 Å². The summed E-state index contributed by atoms with van der Waals surface area (Å²) in [6, 6.07) is 15.7. The van der Waals surface area contributed by atoms with Gasteiger partial charge in [0, 0.05) is 12.1 Å². The van der Waals surface area contributed by atoms with Crippen molar-refractivity contribution in [1.29, 1.82) is 0 Å². The Balaban J connectivity index is 0.00000338. The maximum Gasteiger partial charge on any atom is 0.220 e. The van der Waals surface area contributed by atoms with E-state index >= 15 is 0 Å². The van der Waals surface area contributed by atoms with Crippen molar-refractivity contribution in [3.63, 3.8) is 0 Å². The smallest absolute Gasteiger partial charge is 0.220 e. The normalized spacial score (nSPS) is 10.7. The number of hydrogen-bond acceptors (Lipinski definition) is 3. The third-order valence-electron chi connectivity index (χ3n) is 4.05. The second-order valence-electron chi connectivity index (χ2n) is 7.14. The average molecular weight is 377 g/mol. The summed E-state index contributed by atoms with van der Waals surface area (Å²) in [5.74, 6) is 0.886. The number of nitrogens with one attached hydrogen (secondary N) is 1. The van der Waals surface area contributed by atoms with Crippen molar-refractivity contribution < 1.29 is 9.53 Å². The van der Waals surface area contributed by atoms with Crippen LogP contribution in [0.3, 0.4) is 0 Å². The first-order valence-electron chi connectivity index (χ1n) is 8.70. The monoisotopic (exact) mass is 376 g/mol. The third-order valence-corrected chi connectivity index (χ3v) is 4.05. The summed E-state index contributed by atoms with van der Waals surface area (Å²) in [7, 11) is 0. The Kier molecular flexibility index (Phi) is 8.46. The van der Waals surface area contributed by atoms with E-state index in [1.54, 1.807) is 0 Å². The Labute approximate surface area is 162 Å². The lowest BCUT2D eigenvalue weighted by molar-refractivity contribution is -0.121. The highest BCUT2D eigenvalue weighted by molar-refractivity contribution is 5.85. The number of anilines is 1. The molecule has 0 saturated heterocycles. The summed E-state index contributed by atoms with van der Waals surface area (Å²) in [4.78, 5) is 12.0.